The number of halogens is 1. The van der Waals surface area contributed by atoms with Gasteiger partial charge in [-0.25, -0.2) is 0 Å². The van der Waals surface area contributed by atoms with Gasteiger partial charge < -0.3 is 20.5 Å². The Kier molecular flexibility index (Phi) is 7.87. The number of nitrogens with one attached hydrogen (secondary N) is 1. The second-order valence-electron chi connectivity index (χ2n) is 4.70. The lowest BCUT2D eigenvalue weighted by Crippen LogP contribution is -2.20. The Morgan fingerprint density at radius 3 is 2.48 bits per heavy atom. The third kappa shape index (κ3) is 6.14. The van der Waals surface area contributed by atoms with Crippen LogP contribution >= 0.6 is 12.4 Å². The quantitative estimate of drug-likeness (QED) is 0.765. The second-order valence-corrected chi connectivity index (χ2v) is 4.70. The zero-order valence-corrected chi connectivity index (χ0v) is 13.6. The summed E-state index contributed by atoms with van der Waals surface area (Å²) >= 11 is 0. The minimum atomic E-state index is -0.523. The van der Waals surface area contributed by atoms with E-state index in [9.17, 15) is 4.79 Å². The monoisotopic (exact) mass is 337 g/mol. The highest BCUT2D eigenvalue weighted by atomic mass is 35.5. The van der Waals surface area contributed by atoms with E-state index in [0.29, 0.717) is 18.0 Å². The maximum atomic E-state index is 10.8. The number of rotatable bonds is 8. The number of benzene rings is 1. The van der Waals surface area contributed by atoms with E-state index in [-0.39, 0.29) is 19.0 Å². The standard InChI is InChI=1S/C16H19N3O3.ClH/c1-21-15-8-13(2-3-14(15)22-11-16(17)20)10-19-9-12-4-6-18-7-5-12;/h2-8,19H,9-11H2,1H3,(H2,17,20);1H. The van der Waals surface area contributed by atoms with E-state index in [4.69, 9.17) is 15.2 Å². The molecule has 1 heterocycles. The van der Waals surface area contributed by atoms with Crippen LogP contribution in [0.15, 0.2) is 42.7 Å². The summed E-state index contributed by atoms with van der Waals surface area (Å²) in [6, 6.07) is 9.49. The summed E-state index contributed by atoms with van der Waals surface area (Å²) < 4.78 is 10.6. The number of hydrogen-bond donors (Lipinski definition) is 2. The number of carbonyl (C=O) groups excluding carboxylic acids is 1. The summed E-state index contributed by atoms with van der Waals surface area (Å²) in [7, 11) is 1.56. The lowest BCUT2D eigenvalue weighted by atomic mass is 10.2. The van der Waals surface area contributed by atoms with Crippen LogP contribution in [0, 0.1) is 0 Å². The summed E-state index contributed by atoms with van der Waals surface area (Å²) in [5.74, 6) is 0.550. The van der Waals surface area contributed by atoms with Gasteiger partial charge in [0.2, 0.25) is 0 Å². The number of amides is 1. The Morgan fingerprint density at radius 2 is 1.83 bits per heavy atom. The van der Waals surface area contributed by atoms with Gasteiger partial charge in [-0.3, -0.25) is 9.78 Å². The SMILES string of the molecule is COc1cc(CNCc2ccncc2)ccc1OCC(N)=O.Cl. The number of carbonyl (C=O) groups is 1. The molecule has 0 atom stereocenters. The number of methoxy groups -OCH3 is 1. The van der Waals surface area contributed by atoms with Crippen molar-refractivity contribution in [3.05, 3.63) is 53.9 Å². The van der Waals surface area contributed by atoms with Crippen LogP contribution in [0.4, 0.5) is 0 Å². The van der Waals surface area contributed by atoms with Gasteiger partial charge in [-0.1, -0.05) is 6.07 Å². The fraction of sp³-hybridized carbons (Fsp3) is 0.250. The Morgan fingerprint density at radius 1 is 1.13 bits per heavy atom. The molecule has 1 aromatic heterocycles. The molecule has 0 radical (unpaired) electrons. The van der Waals surface area contributed by atoms with Crippen molar-refractivity contribution < 1.29 is 14.3 Å². The predicted octanol–water partition coefficient (Wildman–Crippen LogP) is 1.67. The van der Waals surface area contributed by atoms with Gasteiger partial charge in [0.05, 0.1) is 7.11 Å². The van der Waals surface area contributed by atoms with Gasteiger partial charge in [0.1, 0.15) is 0 Å². The van der Waals surface area contributed by atoms with Crippen molar-refractivity contribution in [3.63, 3.8) is 0 Å². The number of pyridine rings is 1. The van der Waals surface area contributed by atoms with Gasteiger partial charge >= 0.3 is 0 Å². The van der Waals surface area contributed by atoms with E-state index in [0.717, 1.165) is 12.1 Å². The van der Waals surface area contributed by atoms with E-state index in [1.54, 1.807) is 25.6 Å². The molecule has 0 saturated heterocycles. The van der Waals surface area contributed by atoms with Crippen LogP contribution < -0.4 is 20.5 Å². The summed E-state index contributed by atoms with van der Waals surface area (Å²) in [4.78, 5) is 14.7. The first-order valence-electron chi connectivity index (χ1n) is 6.86. The fourth-order valence-electron chi connectivity index (χ4n) is 1.94. The normalized spacial score (nSPS) is 9.78. The lowest BCUT2D eigenvalue weighted by molar-refractivity contribution is -0.119. The first-order valence-corrected chi connectivity index (χ1v) is 6.86. The van der Waals surface area contributed by atoms with E-state index >= 15 is 0 Å². The molecule has 3 N–H and O–H groups in total. The molecule has 0 aliphatic carbocycles. The third-order valence-corrected chi connectivity index (χ3v) is 3.01. The van der Waals surface area contributed by atoms with Crippen LogP contribution in [-0.2, 0) is 17.9 Å². The maximum Gasteiger partial charge on any atom is 0.255 e. The van der Waals surface area contributed by atoms with E-state index in [1.165, 1.54) is 5.56 Å². The number of nitrogens with two attached hydrogens (primary N) is 1. The Hall–Kier alpha value is -2.31. The van der Waals surface area contributed by atoms with Crippen LogP contribution in [0.25, 0.3) is 0 Å². The summed E-state index contributed by atoms with van der Waals surface area (Å²) in [6.07, 6.45) is 3.54. The largest absolute Gasteiger partial charge is 0.493 e. The maximum absolute atomic E-state index is 10.8. The fourth-order valence-corrected chi connectivity index (χ4v) is 1.94. The van der Waals surface area contributed by atoms with Crippen LogP contribution in [0.1, 0.15) is 11.1 Å². The molecule has 0 spiro atoms. The average molecular weight is 338 g/mol. The Bertz CT molecular complexity index is 623. The number of ether oxygens (including phenoxy) is 2. The molecule has 0 unspecified atom stereocenters. The van der Waals surface area contributed by atoms with Gasteiger partial charge in [0.15, 0.2) is 18.1 Å². The van der Waals surface area contributed by atoms with E-state index in [1.807, 2.05) is 24.3 Å². The number of primary amides is 1. The zero-order valence-electron chi connectivity index (χ0n) is 12.8. The van der Waals surface area contributed by atoms with Gasteiger partial charge in [0.25, 0.3) is 5.91 Å². The van der Waals surface area contributed by atoms with E-state index < -0.39 is 5.91 Å². The average Bonchev–Trinajstić information content (AvgIpc) is 2.54. The van der Waals surface area contributed by atoms with Crippen molar-refractivity contribution in [1.82, 2.24) is 10.3 Å². The van der Waals surface area contributed by atoms with Crippen LogP contribution in [-0.4, -0.2) is 24.6 Å². The van der Waals surface area contributed by atoms with Crippen LogP contribution in [0.2, 0.25) is 0 Å². The highest BCUT2D eigenvalue weighted by Crippen LogP contribution is 2.27. The lowest BCUT2D eigenvalue weighted by Gasteiger charge is -2.11. The molecule has 2 aromatic rings. The van der Waals surface area contributed by atoms with Gasteiger partial charge in [-0.2, -0.15) is 0 Å². The zero-order chi connectivity index (χ0) is 15.8. The highest BCUT2D eigenvalue weighted by Gasteiger charge is 2.07. The molecule has 124 valence electrons. The molecule has 0 aliphatic rings. The van der Waals surface area contributed by atoms with Crippen molar-refractivity contribution >= 4 is 18.3 Å². The molecule has 23 heavy (non-hydrogen) atoms. The smallest absolute Gasteiger partial charge is 0.255 e. The van der Waals surface area contributed by atoms with Crippen molar-refractivity contribution in [2.45, 2.75) is 13.1 Å². The van der Waals surface area contributed by atoms with Gasteiger partial charge in [-0.05, 0) is 35.4 Å². The second kappa shape index (κ2) is 9.66. The number of hydrogen-bond acceptors (Lipinski definition) is 5. The minimum absolute atomic E-state index is 0. The minimum Gasteiger partial charge on any atom is -0.493 e. The van der Waals surface area contributed by atoms with Gasteiger partial charge in [-0.15, -0.1) is 12.4 Å². The molecule has 0 aliphatic heterocycles. The van der Waals surface area contributed by atoms with Crippen LogP contribution in [0.5, 0.6) is 11.5 Å². The van der Waals surface area contributed by atoms with E-state index in [2.05, 4.69) is 10.3 Å². The van der Waals surface area contributed by atoms with Crippen molar-refractivity contribution in [1.29, 1.82) is 0 Å². The van der Waals surface area contributed by atoms with Gasteiger partial charge in [0, 0.05) is 25.5 Å². The molecule has 0 saturated carbocycles. The van der Waals surface area contributed by atoms with Crippen molar-refractivity contribution in [3.8, 4) is 11.5 Å². The Labute approximate surface area is 141 Å². The molecule has 0 bridgehead atoms. The molecule has 0 fully saturated rings. The molecule has 2 rings (SSSR count). The summed E-state index contributed by atoms with van der Waals surface area (Å²) in [5.41, 5.74) is 7.29. The molecular formula is C16H20ClN3O3. The molecule has 7 heteroatoms. The summed E-state index contributed by atoms with van der Waals surface area (Å²) in [5, 5.41) is 3.34. The van der Waals surface area contributed by atoms with Crippen LogP contribution in [0.3, 0.4) is 0 Å². The third-order valence-electron chi connectivity index (χ3n) is 3.01. The first-order chi connectivity index (χ1) is 10.7. The Balaban J connectivity index is 0.00000264. The molecule has 6 nitrogen and oxygen atoms in total. The van der Waals surface area contributed by atoms with Crippen molar-refractivity contribution in [2.24, 2.45) is 5.73 Å². The predicted molar refractivity (Wildman–Crippen MR) is 89.7 cm³/mol. The van der Waals surface area contributed by atoms with Crippen molar-refractivity contribution in [2.75, 3.05) is 13.7 Å². The molecule has 1 amide bonds. The molecule has 1 aromatic carbocycles. The number of aromatic nitrogens is 1. The topological polar surface area (TPSA) is 86.5 Å². The number of nitrogens with zero attached hydrogens (tertiary/aromatic N) is 1. The molecular weight excluding hydrogens is 318 g/mol. The summed E-state index contributed by atoms with van der Waals surface area (Å²) in [6.45, 7) is 1.27. The first kappa shape index (κ1) is 18.7. The highest BCUT2D eigenvalue weighted by molar-refractivity contribution is 5.85.